The molecule has 2 N–H and O–H groups in total. The number of methoxy groups -OCH3 is 1. The fourth-order valence-electron chi connectivity index (χ4n) is 3.42. The lowest BCUT2D eigenvalue weighted by molar-refractivity contribution is 0.413. The van der Waals surface area contributed by atoms with Gasteiger partial charge in [-0.25, -0.2) is 14.4 Å². The molecule has 0 aliphatic heterocycles. The van der Waals surface area contributed by atoms with Crippen LogP contribution in [0.4, 0.5) is 10.2 Å². The van der Waals surface area contributed by atoms with E-state index in [0.29, 0.717) is 23.7 Å². The van der Waals surface area contributed by atoms with Gasteiger partial charge in [-0.15, -0.1) is 0 Å². The maximum atomic E-state index is 14.1. The minimum atomic E-state index is -0.223. The molecular formula is C19H20FN5O. The van der Waals surface area contributed by atoms with Crippen LogP contribution in [0, 0.1) is 5.82 Å². The first-order valence-electron chi connectivity index (χ1n) is 8.66. The SMILES string of the molecule is COc1cnc(-c2nn(Cc3ccccc3F)c3c2CCCC3)nc1N. The van der Waals surface area contributed by atoms with Crippen LogP contribution in [0.5, 0.6) is 5.75 Å². The minimum absolute atomic E-state index is 0.223. The van der Waals surface area contributed by atoms with Crippen LogP contribution in [0.3, 0.4) is 0 Å². The Bertz CT molecular complexity index is 953. The van der Waals surface area contributed by atoms with Gasteiger partial charge in [-0.3, -0.25) is 4.68 Å². The number of nitrogen functional groups attached to an aromatic ring is 1. The quantitative estimate of drug-likeness (QED) is 0.780. The molecule has 2 aromatic heterocycles. The number of benzene rings is 1. The van der Waals surface area contributed by atoms with Crippen LogP contribution < -0.4 is 10.5 Å². The zero-order valence-electron chi connectivity index (χ0n) is 14.6. The van der Waals surface area contributed by atoms with E-state index in [9.17, 15) is 4.39 Å². The highest BCUT2D eigenvalue weighted by molar-refractivity contribution is 5.60. The summed E-state index contributed by atoms with van der Waals surface area (Å²) in [6.07, 6.45) is 5.58. The Kier molecular flexibility index (Phi) is 4.28. The van der Waals surface area contributed by atoms with E-state index < -0.39 is 0 Å². The topological polar surface area (TPSA) is 78.9 Å². The molecule has 0 fully saturated rings. The molecule has 26 heavy (non-hydrogen) atoms. The first-order chi connectivity index (χ1) is 12.7. The Morgan fingerprint density at radius 1 is 1.23 bits per heavy atom. The van der Waals surface area contributed by atoms with Gasteiger partial charge in [0.25, 0.3) is 0 Å². The Hall–Kier alpha value is -2.96. The third-order valence-electron chi connectivity index (χ3n) is 4.75. The van der Waals surface area contributed by atoms with Gasteiger partial charge in [-0.05, 0) is 31.7 Å². The zero-order chi connectivity index (χ0) is 18.1. The van der Waals surface area contributed by atoms with Crippen LogP contribution in [-0.4, -0.2) is 26.9 Å². The van der Waals surface area contributed by atoms with E-state index in [-0.39, 0.29) is 11.6 Å². The summed E-state index contributed by atoms with van der Waals surface area (Å²) in [5, 5.41) is 4.72. The molecule has 0 radical (unpaired) electrons. The van der Waals surface area contributed by atoms with E-state index in [1.54, 1.807) is 18.3 Å². The second kappa shape index (κ2) is 6.74. The largest absolute Gasteiger partial charge is 0.491 e. The second-order valence-corrected chi connectivity index (χ2v) is 6.38. The Labute approximate surface area is 150 Å². The number of halogens is 1. The van der Waals surface area contributed by atoms with Crippen molar-refractivity contribution in [3.63, 3.8) is 0 Å². The van der Waals surface area contributed by atoms with Crippen molar-refractivity contribution in [3.8, 4) is 17.3 Å². The van der Waals surface area contributed by atoms with Crippen molar-refractivity contribution in [2.45, 2.75) is 32.2 Å². The highest BCUT2D eigenvalue weighted by Crippen LogP contribution is 2.31. The van der Waals surface area contributed by atoms with Crippen molar-refractivity contribution in [2.75, 3.05) is 12.8 Å². The molecule has 1 aromatic carbocycles. The smallest absolute Gasteiger partial charge is 0.182 e. The summed E-state index contributed by atoms with van der Waals surface area (Å²) >= 11 is 0. The van der Waals surface area contributed by atoms with Gasteiger partial charge in [-0.1, -0.05) is 18.2 Å². The van der Waals surface area contributed by atoms with Gasteiger partial charge >= 0.3 is 0 Å². The predicted octanol–water partition coefficient (Wildman–Crippen LogP) is 3.00. The number of hydrogen-bond acceptors (Lipinski definition) is 5. The van der Waals surface area contributed by atoms with E-state index >= 15 is 0 Å². The molecule has 3 aromatic rings. The molecule has 0 saturated heterocycles. The van der Waals surface area contributed by atoms with Crippen LogP contribution in [0.1, 0.15) is 29.7 Å². The molecule has 1 aliphatic rings. The van der Waals surface area contributed by atoms with Crippen molar-refractivity contribution in [1.82, 2.24) is 19.7 Å². The molecule has 0 bridgehead atoms. The van der Waals surface area contributed by atoms with E-state index in [2.05, 4.69) is 9.97 Å². The van der Waals surface area contributed by atoms with E-state index in [1.807, 2.05) is 10.7 Å². The molecule has 134 valence electrons. The first-order valence-corrected chi connectivity index (χ1v) is 8.66. The predicted molar refractivity (Wildman–Crippen MR) is 96.4 cm³/mol. The lowest BCUT2D eigenvalue weighted by Gasteiger charge is -2.14. The van der Waals surface area contributed by atoms with Crippen LogP contribution in [0.2, 0.25) is 0 Å². The van der Waals surface area contributed by atoms with Crippen molar-refractivity contribution in [3.05, 3.63) is 53.1 Å². The van der Waals surface area contributed by atoms with Crippen LogP contribution in [0.25, 0.3) is 11.5 Å². The lowest BCUT2D eigenvalue weighted by atomic mass is 9.95. The maximum absolute atomic E-state index is 14.1. The third-order valence-corrected chi connectivity index (χ3v) is 4.75. The van der Waals surface area contributed by atoms with E-state index in [4.69, 9.17) is 15.6 Å². The summed E-state index contributed by atoms with van der Waals surface area (Å²) in [5.41, 5.74) is 9.55. The number of rotatable bonds is 4. The summed E-state index contributed by atoms with van der Waals surface area (Å²) in [4.78, 5) is 8.71. The zero-order valence-corrected chi connectivity index (χ0v) is 14.6. The van der Waals surface area contributed by atoms with Gasteiger partial charge in [0.15, 0.2) is 17.4 Å². The average Bonchev–Trinajstić information content (AvgIpc) is 3.02. The molecule has 0 atom stereocenters. The van der Waals surface area contributed by atoms with Gasteiger partial charge in [0.05, 0.1) is 19.9 Å². The van der Waals surface area contributed by atoms with Crippen LogP contribution >= 0.6 is 0 Å². The van der Waals surface area contributed by atoms with Crippen LogP contribution in [-0.2, 0) is 19.4 Å². The molecule has 7 heteroatoms. The van der Waals surface area contributed by atoms with Gasteiger partial charge in [0.1, 0.15) is 11.5 Å². The highest BCUT2D eigenvalue weighted by Gasteiger charge is 2.24. The summed E-state index contributed by atoms with van der Waals surface area (Å²) in [5.74, 6) is 0.979. The molecule has 4 rings (SSSR count). The van der Waals surface area contributed by atoms with Crippen molar-refractivity contribution < 1.29 is 9.13 Å². The fourth-order valence-corrected chi connectivity index (χ4v) is 3.42. The molecule has 6 nitrogen and oxygen atoms in total. The summed E-state index contributed by atoms with van der Waals surface area (Å²) in [7, 11) is 1.53. The summed E-state index contributed by atoms with van der Waals surface area (Å²) < 4.78 is 21.1. The minimum Gasteiger partial charge on any atom is -0.491 e. The lowest BCUT2D eigenvalue weighted by Crippen LogP contribution is -2.11. The monoisotopic (exact) mass is 353 g/mol. The molecular weight excluding hydrogens is 333 g/mol. The van der Waals surface area contributed by atoms with Crippen molar-refractivity contribution >= 4 is 5.82 Å². The number of hydrogen-bond donors (Lipinski definition) is 1. The second-order valence-electron chi connectivity index (χ2n) is 6.38. The maximum Gasteiger partial charge on any atom is 0.182 e. The number of nitrogens with zero attached hydrogens (tertiary/aromatic N) is 4. The number of nitrogens with two attached hydrogens (primary N) is 1. The summed E-state index contributed by atoms with van der Waals surface area (Å²) in [6, 6.07) is 6.78. The van der Waals surface area contributed by atoms with E-state index in [0.717, 1.165) is 42.6 Å². The number of aromatic nitrogens is 4. The molecule has 0 spiro atoms. The normalized spacial score (nSPS) is 13.5. The molecule has 0 unspecified atom stereocenters. The average molecular weight is 353 g/mol. The molecule has 0 saturated carbocycles. The number of ether oxygens (including phenoxy) is 1. The third kappa shape index (κ3) is 2.89. The number of fused-ring (bicyclic) bond motifs is 1. The van der Waals surface area contributed by atoms with Crippen molar-refractivity contribution in [2.24, 2.45) is 0 Å². The number of anilines is 1. The fraction of sp³-hybridized carbons (Fsp3) is 0.316. The van der Waals surface area contributed by atoms with Crippen molar-refractivity contribution in [1.29, 1.82) is 0 Å². The van der Waals surface area contributed by atoms with Gasteiger partial charge < -0.3 is 10.5 Å². The van der Waals surface area contributed by atoms with Crippen LogP contribution in [0.15, 0.2) is 30.5 Å². The van der Waals surface area contributed by atoms with Gasteiger partial charge in [0.2, 0.25) is 0 Å². The molecule has 0 amide bonds. The molecule has 1 aliphatic carbocycles. The van der Waals surface area contributed by atoms with E-state index in [1.165, 1.54) is 13.2 Å². The summed E-state index contributed by atoms with van der Waals surface area (Å²) in [6.45, 7) is 0.390. The van der Waals surface area contributed by atoms with Gasteiger partial charge in [0, 0.05) is 16.8 Å². The Balaban J connectivity index is 1.78. The highest BCUT2D eigenvalue weighted by atomic mass is 19.1. The Morgan fingerprint density at radius 3 is 2.81 bits per heavy atom. The first kappa shape index (κ1) is 16.5. The van der Waals surface area contributed by atoms with Gasteiger partial charge in [-0.2, -0.15) is 5.10 Å². The molecule has 2 heterocycles. The Morgan fingerprint density at radius 2 is 2.04 bits per heavy atom. The standard InChI is InChI=1S/C19H20FN5O/c1-26-16-10-22-19(23-18(16)21)17-13-7-3-5-9-15(13)25(24-17)11-12-6-2-4-8-14(12)20/h2,4,6,8,10H,3,5,7,9,11H2,1H3,(H2,21,22,23).